The lowest BCUT2D eigenvalue weighted by molar-refractivity contribution is 0.254. The van der Waals surface area contributed by atoms with Crippen LogP contribution in [0.3, 0.4) is 0 Å². The second-order valence-corrected chi connectivity index (χ2v) is 5.39. The Morgan fingerprint density at radius 2 is 2.00 bits per heavy atom. The van der Waals surface area contributed by atoms with Crippen molar-refractivity contribution in [2.75, 3.05) is 25.0 Å². The zero-order chi connectivity index (χ0) is 11.8. The number of hydrogen-bond acceptors (Lipinski definition) is 4. The van der Waals surface area contributed by atoms with Crippen molar-refractivity contribution in [2.24, 2.45) is 0 Å². The van der Waals surface area contributed by atoms with Gasteiger partial charge in [0.2, 0.25) is 0 Å². The van der Waals surface area contributed by atoms with E-state index in [0.29, 0.717) is 11.2 Å². The molecule has 0 aliphatic carbocycles. The average Bonchev–Trinajstić information content (AvgIpc) is 2.55. The number of fused-ring (bicyclic) bond motifs is 2. The molecule has 0 aromatic carbocycles. The minimum Gasteiger partial charge on any atom is -0.354 e. The molecule has 1 aromatic rings. The van der Waals surface area contributed by atoms with Crippen molar-refractivity contribution in [3.63, 3.8) is 0 Å². The molecule has 0 unspecified atom stereocenters. The third-order valence-corrected chi connectivity index (χ3v) is 4.29. The van der Waals surface area contributed by atoms with E-state index in [-0.39, 0.29) is 0 Å². The summed E-state index contributed by atoms with van der Waals surface area (Å²) >= 11 is 5.77. The highest BCUT2D eigenvalue weighted by Crippen LogP contribution is 2.29. The van der Waals surface area contributed by atoms with Crippen LogP contribution in [0.4, 0.5) is 5.82 Å². The molecule has 3 heterocycles. The van der Waals surface area contributed by atoms with Gasteiger partial charge in [-0.1, -0.05) is 11.6 Å². The maximum absolute atomic E-state index is 5.77. The highest BCUT2D eigenvalue weighted by atomic mass is 35.5. The minimum atomic E-state index is 0.460. The fraction of sp³-hybridized carbons (Fsp3) is 0.667. The normalized spacial score (nSPS) is 29.4. The number of nitrogens with zero attached hydrogens (tertiary/aromatic N) is 4. The van der Waals surface area contributed by atoms with Gasteiger partial charge in [0.05, 0.1) is 0 Å². The van der Waals surface area contributed by atoms with Gasteiger partial charge in [-0.25, -0.2) is 0 Å². The summed E-state index contributed by atoms with van der Waals surface area (Å²) in [7, 11) is 2.25. The number of rotatable bonds is 1. The Morgan fingerprint density at radius 3 is 2.76 bits per heavy atom. The number of halogens is 1. The molecule has 1 aromatic heterocycles. The number of anilines is 1. The molecule has 0 N–H and O–H groups in total. The molecular weight excluding hydrogens is 236 g/mol. The lowest BCUT2D eigenvalue weighted by Gasteiger charge is -2.26. The van der Waals surface area contributed by atoms with Crippen molar-refractivity contribution in [1.29, 1.82) is 0 Å². The molecule has 5 heteroatoms. The molecule has 2 fully saturated rings. The van der Waals surface area contributed by atoms with Crippen LogP contribution < -0.4 is 4.90 Å². The van der Waals surface area contributed by atoms with Crippen molar-refractivity contribution in [1.82, 2.24) is 15.1 Å². The maximum Gasteiger partial charge on any atom is 0.151 e. The van der Waals surface area contributed by atoms with E-state index in [0.717, 1.165) is 24.9 Å². The van der Waals surface area contributed by atoms with E-state index in [1.165, 1.54) is 19.3 Å². The zero-order valence-electron chi connectivity index (χ0n) is 10.0. The first kappa shape index (κ1) is 11.2. The van der Waals surface area contributed by atoms with Gasteiger partial charge in [-0.05, 0) is 38.4 Å². The van der Waals surface area contributed by atoms with Gasteiger partial charge in [-0.2, -0.15) is 0 Å². The Hall–Kier alpha value is -0.870. The zero-order valence-corrected chi connectivity index (χ0v) is 10.8. The van der Waals surface area contributed by atoms with E-state index in [1.807, 2.05) is 12.1 Å². The van der Waals surface area contributed by atoms with Crippen molar-refractivity contribution in [3.05, 3.63) is 17.3 Å². The number of aromatic nitrogens is 2. The summed E-state index contributed by atoms with van der Waals surface area (Å²) in [6.07, 6.45) is 3.87. The van der Waals surface area contributed by atoms with Crippen LogP contribution in [-0.4, -0.2) is 47.3 Å². The lowest BCUT2D eigenvalue weighted by atomic mass is 10.1. The monoisotopic (exact) mass is 252 g/mol. The van der Waals surface area contributed by atoms with Gasteiger partial charge in [0.25, 0.3) is 0 Å². The summed E-state index contributed by atoms with van der Waals surface area (Å²) in [6.45, 7) is 2.13. The summed E-state index contributed by atoms with van der Waals surface area (Å²) in [4.78, 5) is 4.87. The summed E-state index contributed by atoms with van der Waals surface area (Å²) in [6, 6.07) is 5.20. The third kappa shape index (κ3) is 2.11. The van der Waals surface area contributed by atoms with Crippen molar-refractivity contribution in [3.8, 4) is 0 Å². The molecule has 3 rings (SSSR count). The van der Waals surface area contributed by atoms with E-state index in [4.69, 9.17) is 11.6 Å². The Balaban J connectivity index is 1.79. The maximum atomic E-state index is 5.77. The van der Waals surface area contributed by atoms with Crippen molar-refractivity contribution in [2.45, 2.75) is 31.3 Å². The van der Waals surface area contributed by atoms with Crippen LogP contribution in [0.1, 0.15) is 19.3 Å². The summed E-state index contributed by atoms with van der Waals surface area (Å²) in [5.41, 5.74) is 0. The van der Waals surface area contributed by atoms with Crippen LogP contribution in [0.25, 0.3) is 0 Å². The fourth-order valence-electron chi connectivity index (χ4n) is 2.99. The highest BCUT2D eigenvalue weighted by Gasteiger charge is 2.34. The molecule has 0 radical (unpaired) electrons. The molecule has 0 spiro atoms. The number of likely N-dealkylation sites (N-methyl/N-ethyl adjacent to an activating group) is 1. The van der Waals surface area contributed by atoms with E-state index in [2.05, 4.69) is 27.0 Å². The molecule has 92 valence electrons. The number of hydrogen-bond donors (Lipinski definition) is 0. The topological polar surface area (TPSA) is 32.3 Å². The van der Waals surface area contributed by atoms with Gasteiger partial charge in [0.1, 0.15) is 0 Å². The predicted octanol–water partition coefficient (Wildman–Crippen LogP) is 1.80. The summed E-state index contributed by atoms with van der Waals surface area (Å²) in [5, 5.41) is 8.56. The Bertz CT molecular complexity index is 394. The fourth-order valence-corrected chi connectivity index (χ4v) is 3.10. The molecule has 2 aliphatic rings. The predicted molar refractivity (Wildman–Crippen MR) is 68.4 cm³/mol. The smallest absolute Gasteiger partial charge is 0.151 e. The van der Waals surface area contributed by atoms with Crippen LogP contribution in [0.5, 0.6) is 0 Å². The molecule has 2 atom stereocenters. The Morgan fingerprint density at radius 1 is 1.18 bits per heavy atom. The first-order valence-corrected chi connectivity index (χ1v) is 6.58. The Kier molecular flexibility index (Phi) is 2.92. The molecule has 0 saturated carbocycles. The van der Waals surface area contributed by atoms with Crippen LogP contribution in [0.2, 0.25) is 5.15 Å². The molecule has 2 saturated heterocycles. The van der Waals surface area contributed by atoms with Crippen LogP contribution in [0, 0.1) is 0 Å². The van der Waals surface area contributed by atoms with Crippen LogP contribution in [-0.2, 0) is 0 Å². The molecule has 0 amide bonds. The summed E-state index contributed by atoms with van der Waals surface area (Å²) in [5.74, 6) is 0.954. The standard InChI is InChI=1S/C12H17ClN4/c1-16-9-2-3-10(16)8-17(7-6-9)12-5-4-11(13)14-15-12/h4-5,9-10H,2-3,6-8H2,1H3/t9-,10+/m0/s1. The van der Waals surface area contributed by atoms with Gasteiger partial charge < -0.3 is 4.90 Å². The first-order valence-electron chi connectivity index (χ1n) is 6.20. The highest BCUT2D eigenvalue weighted by molar-refractivity contribution is 6.29. The van der Waals surface area contributed by atoms with Crippen LogP contribution >= 0.6 is 11.6 Å². The third-order valence-electron chi connectivity index (χ3n) is 4.09. The minimum absolute atomic E-state index is 0.460. The first-order chi connectivity index (χ1) is 8.24. The van der Waals surface area contributed by atoms with Crippen molar-refractivity contribution >= 4 is 17.4 Å². The second-order valence-electron chi connectivity index (χ2n) is 5.00. The Labute approximate surface area is 107 Å². The second kappa shape index (κ2) is 4.42. The van der Waals surface area contributed by atoms with E-state index in [1.54, 1.807) is 0 Å². The van der Waals surface area contributed by atoms with Gasteiger partial charge in [0, 0.05) is 25.2 Å². The van der Waals surface area contributed by atoms with Gasteiger partial charge >= 0.3 is 0 Å². The van der Waals surface area contributed by atoms with Gasteiger partial charge in [-0.15, -0.1) is 10.2 Å². The molecular formula is C12H17ClN4. The van der Waals surface area contributed by atoms with E-state index < -0.39 is 0 Å². The molecule has 17 heavy (non-hydrogen) atoms. The van der Waals surface area contributed by atoms with E-state index in [9.17, 15) is 0 Å². The van der Waals surface area contributed by atoms with Crippen LogP contribution in [0.15, 0.2) is 12.1 Å². The average molecular weight is 253 g/mol. The van der Waals surface area contributed by atoms with E-state index >= 15 is 0 Å². The van der Waals surface area contributed by atoms with Gasteiger partial charge in [-0.3, -0.25) is 4.90 Å². The summed E-state index contributed by atoms with van der Waals surface area (Å²) < 4.78 is 0. The quantitative estimate of drug-likeness (QED) is 0.763. The largest absolute Gasteiger partial charge is 0.354 e. The molecule has 2 bridgehead atoms. The molecule has 2 aliphatic heterocycles. The molecule has 4 nitrogen and oxygen atoms in total. The SMILES string of the molecule is CN1[C@H]2CC[C@@H]1CN(c1ccc(Cl)nn1)CC2. The van der Waals surface area contributed by atoms with Crippen molar-refractivity contribution < 1.29 is 0 Å². The lowest BCUT2D eigenvalue weighted by Crippen LogP contribution is -2.37. The van der Waals surface area contributed by atoms with Gasteiger partial charge in [0.15, 0.2) is 11.0 Å².